The van der Waals surface area contributed by atoms with Crippen LogP contribution in [0.1, 0.15) is 11.3 Å². The Balaban J connectivity index is 2.81. The smallest absolute Gasteiger partial charge is 0.346 e. The minimum absolute atomic E-state index is 0.194. The van der Waals surface area contributed by atoms with Gasteiger partial charge in [0.05, 0.1) is 5.56 Å². The fourth-order valence-electron chi connectivity index (χ4n) is 2.14. The van der Waals surface area contributed by atoms with Crippen molar-refractivity contribution in [2.24, 2.45) is 7.05 Å². The van der Waals surface area contributed by atoms with Crippen molar-refractivity contribution in [2.45, 2.75) is 12.7 Å². The van der Waals surface area contributed by atoms with Crippen LogP contribution in [-0.4, -0.2) is 11.6 Å². The first kappa shape index (κ1) is 12.0. The molecule has 5 heteroatoms. The second-order valence-corrected chi connectivity index (χ2v) is 3.93. The Hall–Kier alpha value is -1.49. The summed E-state index contributed by atoms with van der Waals surface area (Å²) in [4.78, 5) is 0. The molecule has 0 spiro atoms. The third kappa shape index (κ3) is 1.91. The SMILES string of the molecule is CNCc1c(C(F)(F)F)c2ccccc2n1C. The molecule has 0 aliphatic carbocycles. The van der Waals surface area contributed by atoms with E-state index >= 15 is 0 Å². The largest absolute Gasteiger partial charge is 0.418 e. The van der Waals surface area contributed by atoms with Crippen molar-refractivity contribution in [3.05, 3.63) is 35.5 Å². The molecule has 0 saturated heterocycles. The molecule has 92 valence electrons. The number of hydrogen-bond acceptors (Lipinski definition) is 1. The molecule has 0 unspecified atom stereocenters. The lowest BCUT2D eigenvalue weighted by atomic mass is 10.1. The molecule has 0 saturated carbocycles. The lowest BCUT2D eigenvalue weighted by Crippen LogP contribution is -2.15. The molecule has 0 radical (unpaired) electrons. The number of benzene rings is 1. The molecule has 0 amide bonds. The van der Waals surface area contributed by atoms with E-state index in [1.165, 1.54) is 6.07 Å². The molecule has 0 aliphatic heterocycles. The van der Waals surface area contributed by atoms with E-state index in [1.807, 2.05) is 0 Å². The molecule has 1 N–H and O–H groups in total. The van der Waals surface area contributed by atoms with Gasteiger partial charge < -0.3 is 9.88 Å². The molecular formula is C12H13F3N2. The van der Waals surface area contributed by atoms with Gasteiger partial charge in [-0.25, -0.2) is 0 Å². The topological polar surface area (TPSA) is 17.0 Å². The molecule has 2 rings (SSSR count). The van der Waals surface area contributed by atoms with Crippen molar-refractivity contribution in [3.63, 3.8) is 0 Å². The fraction of sp³-hybridized carbons (Fsp3) is 0.333. The Morgan fingerprint density at radius 3 is 2.47 bits per heavy atom. The van der Waals surface area contributed by atoms with Crippen LogP contribution in [0.4, 0.5) is 13.2 Å². The monoisotopic (exact) mass is 242 g/mol. The maximum atomic E-state index is 13.1. The predicted molar refractivity (Wildman–Crippen MR) is 60.7 cm³/mol. The summed E-state index contributed by atoms with van der Waals surface area (Å²) in [5.74, 6) is 0. The van der Waals surface area contributed by atoms with E-state index in [4.69, 9.17) is 0 Å². The first-order valence-electron chi connectivity index (χ1n) is 5.25. The molecule has 0 aliphatic rings. The lowest BCUT2D eigenvalue weighted by Gasteiger charge is -2.10. The van der Waals surface area contributed by atoms with E-state index in [2.05, 4.69) is 5.32 Å². The molecular weight excluding hydrogens is 229 g/mol. The number of nitrogens with one attached hydrogen (secondary N) is 1. The summed E-state index contributed by atoms with van der Waals surface area (Å²) in [5.41, 5.74) is 0.330. The summed E-state index contributed by atoms with van der Waals surface area (Å²) in [6, 6.07) is 6.58. The third-order valence-corrected chi connectivity index (χ3v) is 2.86. The zero-order chi connectivity index (χ0) is 12.6. The quantitative estimate of drug-likeness (QED) is 0.856. The van der Waals surface area contributed by atoms with Gasteiger partial charge in [-0.1, -0.05) is 18.2 Å². The Labute approximate surface area is 97.0 Å². The number of alkyl halides is 3. The van der Waals surface area contributed by atoms with Gasteiger partial charge in [0, 0.05) is 30.2 Å². The number of aryl methyl sites for hydroxylation is 1. The van der Waals surface area contributed by atoms with Gasteiger partial charge in [-0.2, -0.15) is 13.2 Å². The van der Waals surface area contributed by atoms with Gasteiger partial charge in [0.1, 0.15) is 0 Å². The first-order chi connectivity index (χ1) is 7.96. The van der Waals surface area contributed by atoms with Gasteiger partial charge in [-0.05, 0) is 13.1 Å². The van der Waals surface area contributed by atoms with Crippen LogP contribution in [0.25, 0.3) is 10.9 Å². The highest BCUT2D eigenvalue weighted by molar-refractivity contribution is 5.86. The number of halogens is 3. The highest BCUT2D eigenvalue weighted by Gasteiger charge is 2.37. The van der Waals surface area contributed by atoms with Gasteiger partial charge in [-0.15, -0.1) is 0 Å². The fourth-order valence-corrected chi connectivity index (χ4v) is 2.14. The highest BCUT2D eigenvalue weighted by atomic mass is 19.4. The summed E-state index contributed by atoms with van der Waals surface area (Å²) >= 11 is 0. The van der Waals surface area contributed by atoms with Crippen molar-refractivity contribution in [1.82, 2.24) is 9.88 Å². The van der Waals surface area contributed by atoms with Gasteiger partial charge in [-0.3, -0.25) is 0 Å². The molecule has 0 fully saturated rings. The molecule has 1 aromatic heterocycles. The molecule has 0 atom stereocenters. The van der Waals surface area contributed by atoms with Gasteiger partial charge in [0.2, 0.25) is 0 Å². The van der Waals surface area contributed by atoms with Crippen LogP contribution in [0.3, 0.4) is 0 Å². The zero-order valence-electron chi connectivity index (χ0n) is 9.60. The Morgan fingerprint density at radius 2 is 1.88 bits per heavy atom. The summed E-state index contributed by atoms with van der Waals surface area (Å²) < 4.78 is 40.8. The maximum absolute atomic E-state index is 13.1. The van der Waals surface area contributed by atoms with E-state index in [0.29, 0.717) is 5.52 Å². The van der Waals surface area contributed by atoms with Crippen molar-refractivity contribution >= 4 is 10.9 Å². The van der Waals surface area contributed by atoms with Crippen LogP contribution >= 0.6 is 0 Å². The summed E-state index contributed by atoms with van der Waals surface area (Å²) in [6.07, 6.45) is -4.33. The standard InChI is InChI=1S/C12H13F3N2/c1-16-7-10-11(12(13,14)15)8-5-3-4-6-9(8)17(10)2/h3-6,16H,7H2,1-2H3. The van der Waals surface area contributed by atoms with Crippen LogP contribution in [0, 0.1) is 0 Å². The second kappa shape index (κ2) is 4.07. The molecule has 1 aromatic carbocycles. The predicted octanol–water partition coefficient (Wildman–Crippen LogP) is 2.92. The molecule has 0 bridgehead atoms. The van der Waals surface area contributed by atoms with E-state index < -0.39 is 11.7 Å². The van der Waals surface area contributed by atoms with Crippen molar-refractivity contribution in [3.8, 4) is 0 Å². The summed E-state index contributed by atoms with van der Waals surface area (Å²) in [6.45, 7) is 0.194. The second-order valence-electron chi connectivity index (χ2n) is 3.93. The van der Waals surface area contributed by atoms with Gasteiger partial charge in [0.25, 0.3) is 0 Å². The zero-order valence-corrected chi connectivity index (χ0v) is 9.60. The third-order valence-electron chi connectivity index (χ3n) is 2.86. The normalized spacial score (nSPS) is 12.3. The number of hydrogen-bond donors (Lipinski definition) is 1. The number of para-hydroxylation sites is 1. The van der Waals surface area contributed by atoms with E-state index in [9.17, 15) is 13.2 Å². The summed E-state index contributed by atoms with van der Waals surface area (Å²) in [7, 11) is 3.29. The number of aromatic nitrogens is 1. The number of nitrogens with zero attached hydrogens (tertiary/aromatic N) is 1. The van der Waals surface area contributed by atoms with Crippen LogP contribution in [0.15, 0.2) is 24.3 Å². The highest BCUT2D eigenvalue weighted by Crippen LogP contribution is 2.38. The maximum Gasteiger partial charge on any atom is 0.418 e. The van der Waals surface area contributed by atoms with E-state index in [1.54, 1.807) is 36.9 Å². The van der Waals surface area contributed by atoms with Crippen molar-refractivity contribution < 1.29 is 13.2 Å². The van der Waals surface area contributed by atoms with E-state index in [-0.39, 0.29) is 17.6 Å². The van der Waals surface area contributed by atoms with Gasteiger partial charge >= 0.3 is 6.18 Å². The minimum atomic E-state index is -4.33. The molecule has 1 heterocycles. The average Bonchev–Trinajstić information content (AvgIpc) is 2.53. The number of fused-ring (bicyclic) bond motifs is 1. The minimum Gasteiger partial charge on any atom is -0.346 e. The first-order valence-corrected chi connectivity index (χ1v) is 5.25. The average molecular weight is 242 g/mol. The van der Waals surface area contributed by atoms with E-state index in [0.717, 1.165) is 0 Å². The Kier molecular flexibility index (Phi) is 2.87. The molecule has 2 nitrogen and oxygen atoms in total. The van der Waals surface area contributed by atoms with Crippen LogP contribution in [-0.2, 0) is 19.8 Å². The van der Waals surface area contributed by atoms with Crippen LogP contribution < -0.4 is 5.32 Å². The molecule has 2 aromatic rings. The van der Waals surface area contributed by atoms with Crippen LogP contribution in [0.2, 0.25) is 0 Å². The molecule has 17 heavy (non-hydrogen) atoms. The van der Waals surface area contributed by atoms with Gasteiger partial charge in [0.15, 0.2) is 0 Å². The Morgan fingerprint density at radius 1 is 1.24 bits per heavy atom. The Bertz CT molecular complexity index is 540. The number of rotatable bonds is 2. The van der Waals surface area contributed by atoms with Crippen LogP contribution in [0.5, 0.6) is 0 Å². The lowest BCUT2D eigenvalue weighted by molar-refractivity contribution is -0.137. The van der Waals surface area contributed by atoms with Crippen molar-refractivity contribution in [1.29, 1.82) is 0 Å². The summed E-state index contributed by atoms with van der Waals surface area (Å²) in [5, 5.41) is 3.03. The van der Waals surface area contributed by atoms with Crippen molar-refractivity contribution in [2.75, 3.05) is 7.05 Å².